The number of carbonyl (C=O) groups excluding carboxylic acids is 2. The molecule has 4 heteroatoms. The molecule has 1 aromatic carbocycles. The van der Waals surface area contributed by atoms with Crippen LogP contribution in [0.2, 0.25) is 0 Å². The van der Waals surface area contributed by atoms with Gasteiger partial charge in [-0.3, -0.25) is 9.59 Å². The summed E-state index contributed by atoms with van der Waals surface area (Å²) in [7, 11) is 0. The summed E-state index contributed by atoms with van der Waals surface area (Å²) in [4.78, 5) is 23.5. The molecule has 2 aliphatic rings. The third-order valence-electron chi connectivity index (χ3n) is 4.13. The quantitative estimate of drug-likeness (QED) is 0.835. The molecule has 0 bridgehead atoms. The Morgan fingerprint density at radius 3 is 2.95 bits per heavy atom. The summed E-state index contributed by atoms with van der Waals surface area (Å²) < 4.78 is 0. The fourth-order valence-electron chi connectivity index (χ4n) is 2.93. The van der Waals surface area contributed by atoms with Crippen molar-refractivity contribution in [3.05, 3.63) is 41.0 Å². The number of hydrogen-bond acceptors (Lipinski definition) is 2. The lowest BCUT2D eigenvalue weighted by Crippen LogP contribution is -2.25. The average molecular weight is 284 g/mol. The van der Waals surface area contributed by atoms with Gasteiger partial charge in [0.2, 0.25) is 5.91 Å². The fraction of sp³-hybridized carbons (Fsp3) is 0.412. The first-order valence-electron chi connectivity index (χ1n) is 7.61. The summed E-state index contributed by atoms with van der Waals surface area (Å²) >= 11 is 0. The van der Waals surface area contributed by atoms with Crippen LogP contribution in [-0.4, -0.2) is 18.4 Å². The number of amides is 2. The van der Waals surface area contributed by atoms with Gasteiger partial charge in [0.05, 0.1) is 0 Å². The van der Waals surface area contributed by atoms with Gasteiger partial charge in [-0.25, -0.2) is 0 Å². The van der Waals surface area contributed by atoms with Crippen LogP contribution in [0.1, 0.15) is 48.0 Å². The molecule has 2 N–H and O–H groups in total. The van der Waals surface area contributed by atoms with E-state index in [9.17, 15) is 9.59 Å². The predicted octanol–water partition coefficient (Wildman–Crippen LogP) is 2.80. The van der Waals surface area contributed by atoms with Crippen LogP contribution in [0.15, 0.2) is 29.8 Å². The number of nitrogens with one attached hydrogen (secondary N) is 2. The maximum Gasteiger partial charge on any atom is 0.251 e. The molecule has 0 saturated carbocycles. The number of hydrogen-bond donors (Lipinski definition) is 2. The highest BCUT2D eigenvalue weighted by atomic mass is 16.2. The SMILES string of the molecule is O=C1CCc2cc(C(=O)NCCC3=CCCC3)ccc2N1. The van der Waals surface area contributed by atoms with E-state index in [0.717, 1.165) is 17.7 Å². The van der Waals surface area contributed by atoms with Gasteiger partial charge < -0.3 is 10.6 Å². The summed E-state index contributed by atoms with van der Waals surface area (Å²) in [6.45, 7) is 0.693. The molecular formula is C17H20N2O2. The van der Waals surface area contributed by atoms with Crippen molar-refractivity contribution in [1.29, 1.82) is 0 Å². The minimum Gasteiger partial charge on any atom is -0.352 e. The number of rotatable bonds is 4. The summed E-state index contributed by atoms with van der Waals surface area (Å²) in [6, 6.07) is 5.48. The zero-order valence-electron chi connectivity index (χ0n) is 12.1. The number of carbonyl (C=O) groups is 2. The van der Waals surface area contributed by atoms with Crippen molar-refractivity contribution >= 4 is 17.5 Å². The van der Waals surface area contributed by atoms with E-state index < -0.39 is 0 Å². The zero-order chi connectivity index (χ0) is 14.7. The van der Waals surface area contributed by atoms with E-state index in [2.05, 4.69) is 16.7 Å². The Bertz CT molecular complexity index is 605. The number of fused-ring (bicyclic) bond motifs is 1. The largest absolute Gasteiger partial charge is 0.352 e. The minimum absolute atomic E-state index is 0.0340. The van der Waals surface area contributed by atoms with Crippen molar-refractivity contribution in [2.24, 2.45) is 0 Å². The second-order valence-electron chi connectivity index (χ2n) is 5.68. The van der Waals surface area contributed by atoms with Crippen LogP contribution in [0, 0.1) is 0 Å². The molecule has 0 fully saturated rings. The molecule has 0 radical (unpaired) electrons. The van der Waals surface area contributed by atoms with Crippen molar-refractivity contribution < 1.29 is 9.59 Å². The third-order valence-corrected chi connectivity index (χ3v) is 4.13. The second-order valence-corrected chi connectivity index (χ2v) is 5.68. The van der Waals surface area contributed by atoms with Crippen LogP contribution < -0.4 is 10.6 Å². The summed E-state index contributed by atoms with van der Waals surface area (Å²) in [5.41, 5.74) is 4.01. The third kappa shape index (κ3) is 3.32. The molecule has 1 heterocycles. The fourth-order valence-corrected chi connectivity index (χ4v) is 2.93. The van der Waals surface area contributed by atoms with Gasteiger partial charge in [0.1, 0.15) is 0 Å². The normalized spacial score (nSPS) is 17.0. The van der Waals surface area contributed by atoms with Crippen molar-refractivity contribution in [1.82, 2.24) is 5.32 Å². The smallest absolute Gasteiger partial charge is 0.251 e. The molecule has 1 aliphatic heterocycles. The number of aryl methyl sites for hydroxylation is 1. The van der Waals surface area contributed by atoms with Crippen molar-refractivity contribution in [2.75, 3.05) is 11.9 Å². The molecule has 4 nitrogen and oxygen atoms in total. The zero-order valence-corrected chi connectivity index (χ0v) is 12.1. The molecular weight excluding hydrogens is 264 g/mol. The Morgan fingerprint density at radius 1 is 1.24 bits per heavy atom. The lowest BCUT2D eigenvalue weighted by molar-refractivity contribution is -0.116. The molecule has 3 rings (SSSR count). The number of benzene rings is 1. The lowest BCUT2D eigenvalue weighted by Gasteiger charge is -2.17. The maximum atomic E-state index is 12.2. The minimum atomic E-state index is -0.0340. The number of anilines is 1. The van der Waals surface area contributed by atoms with Crippen LogP contribution in [0.3, 0.4) is 0 Å². The van der Waals surface area contributed by atoms with Crippen LogP contribution in [0.5, 0.6) is 0 Å². The molecule has 0 aromatic heterocycles. The van der Waals surface area contributed by atoms with E-state index in [1.54, 1.807) is 6.07 Å². The number of allylic oxidation sites excluding steroid dienone is 1. The van der Waals surface area contributed by atoms with Crippen molar-refractivity contribution in [3.63, 3.8) is 0 Å². The Kier molecular flexibility index (Phi) is 4.04. The second kappa shape index (κ2) is 6.12. The first-order valence-corrected chi connectivity index (χ1v) is 7.61. The van der Waals surface area contributed by atoms with E-state index in [1.807, 2.05) is 12.1 Å². The molecule has 0 unspecified atom stereocenters. The van der Waals surface area contributed by atoms with Gasteiger partial charge in [0.15, 0.2) is 0 Å². The van der Waals surface area contributed by atoms with Gasteiger partial charge in [-0.15, -0.1) is 0 Å². The summed E-state index contributed by atoms with van der Waals surface area (Å²) in [5, 5.41) is 5.80. The molecule has 1 aliphatic carbocycles. The van der Waals surface area contributed by atoms with Crippen LogP contribution in [0.25, 0.3) is 0 Å². The Labute approximate surface area is 124 Å². The van der Waals surface area contributed by atoms with E-state index in [1.165, 1.54) is 24.8 Å². The average Bonchev–Trinajstić information content (AvgIpc) is 3.00. The monoisotopic (exact) mass is 284 g/mol. The van der Waals surface area contributed by atoms with Crippen molar-refractivity contribution in [3.8, 4) is 0 Å². The molecule has 0 saturated heterocycles. The van der Waals surface area contributed by atoms with Crippen LogP contribution in [-0.2, 0) is 11.2 Å². The molecule has 1 aromatic rings. The molecule has 21 heavy (non-hydrogen) atoms. The maximum absolute atomic E-state index is 12.2. The van der Waals surface area contributed by atoms with Gasteiger partial charge in [-0.05, 0) is 55.9 Å². The molecule has 0 spiro atoms. The lowest BCUT2D eigenvalue weighted by atomic mass is 10.00. The van der Waals surface area contributed by atoms with Crippen LogP contribution >= 0.6 is 0 Å². The highest BCUT2D eigenvalue weighted by Gasteiger charge is 2.16. The van der Waals surface area contributed by atoms with Gasteiger partial charge in [-0.2, -0.15) is 0 Å². The van der Waals surface area contributed by atoms with E-state index in [0.29, 0.717) is 24.9 Å². The Balaban J connectivity index is 1.58. The standard InChI is InChI=1S/C17H20N2O2/c20-16-8-6-13-11-14(5-7-15(13)19-16)17(21)18-10-9-12-3-1-2-4-12/h3,5,7,11H,1-2,4,6,8-10H2,(H,18,21)(H,19,20). The van der Waals surface area contributed by atoms with E-state index in [4.69, 9.17) is 0 Å². The van der Waals surface area contributed by atoms with Gasteiger partial charge >= 0.3 is 0 Å². The highest BCUT2D eigenvalue weighted by Crippen LogP contribution is 2.23. The Morgan fingerprint density at radius 2 is 2.14 bits per heavy atom. The van der Waals surface area contributed by atoms with E-state index in [-0.39, 0.29) is 11.8 Å². The highest BCUT2D eigenvalue weighted by molar-refractivity contribution is 5.97. The van der Waals surface area contributed by atoms with Gasteiger partial charge in [0.25, 0.3) is 5.91 Å². The first kappa shape index (κ1) is 13.9. The van der Waals surface area contributed by atoms with E-state index >= 15 is 0 Å². The Hall–Kier alpha value is -2.10. The van der Waals surface area contributed by atoms with Crippen LogP contribution in [0.4, 0.5) is 5.69 Å². The predicted molar refractivity (Wildman–Crippen MR) is 82.3 cm³/mol. The molecule has 0 atom stereocenters. The first-order chi connectivity index (χ1) is 10.2. The van der Waals surface area contributed by atoms with Crippen molar-refractivity contribution in [2.45, 2.75) is 38.5 Å². The summed E-state index contributed by atoms with van der Waals surface area (Å²) in [6.07, 6.45) is 8.04. The summed E-state index contributed by atoms with van der Waals surface area (Å²) in [5.74, 6) is 0.0119. The van der Waals surface area contributed by atoms with Gasteiger partial charge in [-0.1, -0.05) is 11.6 Å². The molecule has 2 amide bonds. The topological polar surface area (TPSA) is 58.2 Å². The molecule has 110 valence electrons. The van der Waals surface area contributed by atoms with Gasteiger partial charge in [0, 0.05) is 24.2 Å².